The van der Waals surface area contributed by atoms with Crippen LogP contribution < -0.4 is 5.73 Å². The minimum absolute atomic E-state index is 0.644. The van der Waals surface area contributed by atoms with Gasteiger partial charge in [0.2, 0.25) is 0 Å². The van der Waals surface area contributed by atoms with Gasteiger partial charge in [-0.15, -0.1) is 0 Å². The molecule has 0 aliphatic carbocycles. The zero-order chi connectivity index (χ0) is 12.3. The van der Waals surface area contributed by atoms with E-state index in [2.05, 4.69) is 11.2 Å². The SMILES string of the molecule is Cn1cc(Sc2ccc(CCN)cc2Cl)cn1. The number of hydrogen-bond acceptors (Lipinski definition) is 3. The van der Waals surface area contributed by atoms with Crippen molar-refractivity contribution in [1.82, 2.24) is 9.78 Å². The smallest absolute Gasteiger partial charge is 0.0629 e. The first-order valence-corrected chi connectivity index (χ1v) is 6.53. The lowest BCUT2D eigenvalue weighted by Gasteiger charge is -2.05. The second-order valence-corrected chi connectivity index (χ2v) is 5.28. The Morgan fingerprint density at radius 1 is 1.47 bits per heavy atom. The van der Waals surface area contributed by atoms with Gasteiger partial charge in [0, 0.05) is 18.1 Å². The average Bonchev–Trinajstić information content (AvgIpc) is 2.69. The van der Waals surface area contributed by atoms with Gasteiger partial charge in [-0.2, -0.15) is 5.10 Å². The van der Waals surface area contributed by atoms with Crippen molar-refractivity contribution in [3.8, 4) is 0 Å². The second-order valence-electron chi connectivity index (χ2n) is 3.76. The van der Waals surface area contributed by atoms with Crippen LogP contribution in [0.25, 0.3) is 0 Å². The fraction of sp³-hybridized carbons (Fsp3) is 0.250. The van der Waals surface area contributed by atoms with E-state index in [-0.39, 0.29) is 0 Å². The van der Waals surface area contributed by atoms with Gasteiger partial charge in [-0.05, 0) is 30.7 Å². The summed E-state index contributed by atoms with van der Waals surface area (Å²) in [4.78, 5) is 2.13. The van der Waals surface area contributed by atoms with Gasteiger partial charge in [0.25, 0.3) is 0 Å². The Morgan fingerprint density at radius 3 is 2.88 bits per heavy atom. The summed E-state index contributed by atoms with van der Waals surface area (Å²) < 4.78 is 1.78. The Kier molecular flexibility index (Phi) is 4.10. The van der Waals surface area contributed by atoms with Crippen LogP contribution >= 0.6 is 23.4 Å². The Hall–Kier alpha value is -0.970. The lowest BCUT2D eigenvalue weighted by molar-refractivity contribution is 0.766. The molecule has 0 unspecified atom stereocenters. The van der Waals surface area contributed by atoms with Crippen LogP contribution in [-0.4, -0.2) is 16.3 Å². The predicted molar refractivity (Wildman–Crippen MR) is 71.5 cm³/mol. The molecule has 0 saturated heterocycles. The maximum Gasteiger partial charge on any atom is 0.0629 e. The number of halogens is 1. The van der Waals surface area contributed by atoms with Crippen molar-refractivity contribution in [3.63, 3.8) is 0 Å². The highest BCUT2D eigenvalue weighted by atomic mass is 35.5. The van der Waals surface area contributed by atoms with Crippen LogP contribution in [0.3, 0.4) is 0 Å². The zero-order valence-corrected chi connectivity index (χ0v) is 11.1. The van der Waals surface area contributed by atoms with Gasteiger partial charge in [-0.25, -0.2) is 0 Å². The molecule has 1 aromatic heterocycles. The van der Waals surface area contributed by atoms with E-state index in [4.69, 9.17) is 17.3 Å². The van der Waals surface area contributed by atoms with Crippen LogP contribution in [0.4, 0.5) is 0 Å². The van der Waals surface area contributed by atoms with Crippen molar-refractivity contribution in [1.29, 1.82) is 0 Å². The summed E-state index contributed by atoms with van der Waals surface area (Å²) >= 11 is 7.85. The summed E-state index contributed by atoms with van der Waals surface area (Å²) in [6.45, 7) is 0.644. The lowest BCUT2D eigenvalue weighted by atomic mass is 10.1. The van der Waals surface area contributed by atoms with Gasteiger partial charge in [-0.1, -0.05) is 29.4 Å². The molecule has 3 nitrogen and oxygen atoms in total. The third-order valence-electron chi connectivity index (χ3n) is 2.34. The number of hydrogen-bond donors (Lipinski definition) is 1. The van der Waals surface area contributed by atoms with Crippen LogP contribution in [0.5, 0.6) is 0 Å². The van der Waals surface area contributed by atoms with Gasteiger partial charge in [0.05, 0.1) is 16.1 Å². The second kappa shape index (κ2) is 5.58. The lowest BCUT2D eigenvalue weighted by Crippen LogP contribution is -2.02. The van der Waals surface area contributed by atoms with E-state index in [9.17, 15) is 0 Å². The van der Waals surface area contributed by atoms with Crippen LogP contribution in [0, 0.1) is 0 Å². The van der Waals surface area contributed by atoms with Crippen molar-refractivity contribution in [3.05, 3.63) is 41.2 Å². The summed E-state index contributed by atoms with van der Waals surface area (Å²) in [7, 11) is 1.90. The van der Waals surface area contributed by atoms with Crippen LogP contribution in [0.2, 0.25) is 5.02 Å². The minimum Gasteiger partial charge on any atom is -0.330 e. The maximum absolute atomic E-state index is 6.23. The molecule has 5 heteroatoms. The molecular formula is C12H14ClN3S. The molecule has 0 saturated carbocycles. The van der Waals surface area contributed by atoms with Crippen LogP contribution in [0.1, 0.15) is 5.56 Å². The molecule has 1 aromatic carbocycles. The van der Waals surface area contributed by atoms with E-state index in [0.717, 1.165) is 21.2 Å². The van der Waals surface area contributed by atoms with E-state index in [0.29, 0.717) is 6.54 Å². The van der Waals surface area contributed by atoms with Gasteiger partial charge in [0.1, 0.15) is 0 Å². The number of aromatic nitrogens is 2. The fourth-order valence-corrected chi connectivity index (χ4v) is 2.70. The number of benzene rings is 1. The van der Waals surface area contributed by atoms with Gasteiger partial charge < -0.3 is 5.73 Å². The topological polar surface area (TPSA) is 43.8 Å². The fourth-order valence-electron chi connectivity index (χ4n) is 1.53. The largest absolute Gasteiger partial charge is 0.330 e. The van der Waals surface area contributed by atoms with E-state index < -0.39 is 0 Å². The summed E-state index contributed by atoms with van der Waals surface area (Å²) in [5.41, 5.74) is 6.69. The van der Waals surface area contributed by atoms with E-state index in [1.165, 1.54) is 5.56 Å². The molecule has 2 N–H and O–H groups in total. The van der Waals surface area contributed by atoms with Crippen molar-refractivity contribution >= 4 is 23.4 Å². The van der Waals surface area contributed by atoms with E-state index in [1.807, 2.05) is 31.6 Å². The molecule has 0 fully saturated rings. The Labute approximate surface area is 110 Å². The van der Waals surface area contributed by atoms with Crippen LogP contribution in [-0.2, 0) is 13.5 Å². The molecule has 0 bridgehead atoms. The third-order valence-corrected chi connectivity index (χ3v) is 3.79. The van der Waals surface area contributed by atoms with Gasteiger partial charge in [-0.3, -0.25) is 4.68 Å². The quantitative estimate of drug-likeness (QED) is 0.926. The molecule has 2 rings (SSSR count). The summed E-state index contributed by atoms with van der Waals surface area (Å²) in [5, 5.41) is 4.89. The monoisotopic (exact) mass is 267 g/mol. The third kappa shape index (κ3) is 3.25. The molecule has 0 atom stereocenters. The van der Waals surface area contributed by atoms with Crippen LogP contribution in [0.15, 0.2) is 40.4 Å². The molecule has 17 heavy (non-hydrogen) atoms. The summed E-state index contributed by atoms with van der Waals surface area (Å²) in [6.07, 6.45) is 4.65. The molecule has 0 aliphatic rings. The van der Waals surface area contributed by atoms with Crippen molar-refractivity contribution < 1.29 is 0 Å². The van der Waals surface area contributed by atoms with Crippen molar-refractivity contribution in [2.24, 2.45) is 12.8 Å². The number of nitrogens with two attached hydrogens (primary N) is 1. The minimum atomic E-state index is 0.644. The van der Waals surface area contributed by atoms with Gasteiger partial charge in [0.15, 0.2) is 0 Å². The average molecular weight is 268 g/mol. The molecule has 0 aliphatic heterocycles. The standard InChI is InChI=1S/C12H14ClN3S/c1-16-8-10(7-15-16)17-12-3-2-9(4-5-14)6-11(12)13/h2-3,6-8H,4-5,14H2,1H3. The molecule has 2 aromatic rings. The normalized spacial score (nSPS) is 10.8. The Bertz CT molecular complexity index is 510. The molecule has 0 spiro atoms. The van der Waals surface area contributed by atoms with Crippen molar-refractivity contribution in [2.75, 3.05) is 6.54 Å². The first-order chi connectivity index (χ1) is 8.19. The molecule has 1 heterocycles. The molecular weight excluding hydrogens is 254 g/mol. The number of rotatable bonds is 4. The maximum atomic E-state index is 6.23. The summed E-state index contributed by atoms with van der Waals surface area (Å²) in [5.74, 6) is 0. The summed E-state index contributed by atoms with van der Waals surface area (Å²) in [6, 6.07) is 6.08. The number of aryl methyl sites for hydroxylation is 1. The Morgan fingerprint density at radius 2 is 2.29 bits per heavy atom. The first-order valence-electron chi connectivity index (χ1n) is 5.34. The van der Waals surface area contributed by atoms with E-state index >= 15 is 0 Å². The highest BCUT2D eigenvalue weighted by Crippen LogP contribution is 2.33. The highest BCUT2D eigenvalue weighted by molar-refractivity contribution is 7.99. The molecule has 90 valence electrons. The van der Waals surface area contributed by atoms with Gasteiger partial charge >= 0.3 is 0 Å². The Balaban J connectivity index is 2.16. The van der Waals surface area contributed by atoms with Crippen molar-refractivity contribution in [2.45, 2.75) is 16.2 Å². The number of nitrogens with zero attached hydrogens (tertiary/aromatic N) is 2. The molecule has 0 amide bonds. The first kappa shape index (κ1) is 12.5. The molecule has 0 radical (unpaired) electrons. The predicted octanol–water partition coefficient (Wildman–Crippen LogP) is 2.73. The zero-order valence-electron chi connectivity index (χ0n) is 9.56. The van der Waals surface area contributed by atoms with E-state index in [1.54, 1.807) is 16.4 Å². The highest BCUT2D eigenvalue weighted by Gasteiger charge is 2.05.